The molecule has 0 amide bonds. The molecule has 0 heterocycles. The zero-order chi connectivity index (χ0) is 57.6. The molecule has 0 rings (SSSR count). The molecule has 2 unspecified atom stereocenters. The largest absolute Gasteiger partial charge is 0.477 e. The molecule has 9 nitrogen and oxygen atoms in total. The van der Waals surface area contributed by atoms with Gasteiger partial charge in [0, 0.05) is 12.8 Å². The third-order valence-corrected chi connectivity index (χ3v) is 13.2. The van der Waals surface area contributed by atoms with Crippen LogP contribution in [0.1, 0.15) is 245 Å². The Morgan fingerprint density at radius 3 is 1.01 bits per heavy atom. The fraction of sp³-hybridized carbons (Fsp3) is 0.671. The predicted molar refractivity (Wildman–Crippen MR) is 336 cm³/mol. The average molecular weight is 1100 g/mol. The maximum atomic E-state index is 12.9. The van der Waals surface area contributed by atoms with E-state index in [0.717, 1.165) is 116 Å². The Kier molecular flexibility index (Phi) is 56.5. The quantitative estimate of drug-likeness (QED) is 0.0211. The smallest absolute Gasteiger partial charge is 0.361 e. The van der Waals surface area contributed by atoms with Gasteiger partial charge >= 0.3 is 17.9 Å². The second-order valence-corrected chi connectivity index (χ2v) is 22.0. The van der Waals surface area contributed by atoms with E-state index >= 15 is 0 Å². The number of likely N-dealkylation sites (N-methyl/N-ethyl adjacent to an activating group) is 1. The van der Waals surface area contributed by atoms with Gasteiger partial charge in [0.15, 0.2) is 6.10 Å². The van der Waals surface area contributed by atoms with Gasteiger partial charge in [0.05, 0.1) is 34.4 Å². The normalized spacial score (nSPS) is 13.6. The van der Waals surface area contributed by atoms with Gasteiger partial charge in [-0.15, -0.1) is 0 Å². The van der Waals surface area contributed by atoms with Crippen molar-refractivity contribution in [3.05, 3.63) is 122 Å². The lowest BCUT2D eigenvalue weighted by atomic mass is 10.0. The molecule has 0 bridgehead atoms. The highest BCUT2D eigenvalue weighted by Crippen LogP contribution is 2.16. The molecule has 450 valence electrons. The van der Waals surface area contributed by atoms with Crippen LogP contribution in [0.15, 0.2) is 122 Å². The number of rotatable bonds is 57. The number of nitrogens with zero attached hydrogens (tertiary/aromatic N) is 1. The second kappa shape index (κ2) is 59.8. The zero-order valence-corrected chi connectivity index (χ0v) is 51.2. The monoisotopic (exact) mass is 1100 g/mol. The van der Waals surface area contributed by atoms with Gasteiger partial charge in [0.25, 0.3) is 6.29 Å². The molecule has 0 saturated carbocycles. The van der Waals surface area contributed by atoms with Crippen molar-refractivity contribution in [2.45, 2.75) is 257 Å². The van der Waals surface area contributed by atoms with E-state index in [9.17, 15) is 19.5 Å². The van der Waals surface area contributed by atoms with Crippen LogP contribution in [-0.4, -0.2) is 87.4 Å². The molecule has 0 aliphatic heterocycles. The van der Waals surface area contributed by atoms with E-state index in [2.05, 4.69) is 135 Å². The molecule has 0 aromatic rings. The average Bonchev–Trinajstić information content (AvgIpc) is 3.42. The van der Waals surface area contributed by atoms with Gasteiger partial charge in [-0.2, -0.15) is 0 Å². The summed E-state index contributed by atoms with van der Waals surface area (Å²) >= 11 is 0. The van der Waals surface area contributed by atoms with E-state index in [0.29, 0.717) is 17.4 Å². The van der Waals surface area contributed by atoms with Crippen LogP contribution in [0, 0.1) is 0 Å². The molecule has 2 atom stereocenters. The summed E-state index contributed by atoms with van der Waals surface area (Å²) < 4.78 is 22.9. The van der Waals surface area contributed by atoms with Crippen LogP contribution in [0.25, 0.3) is 0 Å². The molecule has 1 N–H and O–H groups in total. The summed E-state index contributed by atoms with van der Waals surface area (Å²) in [4.78, 5) is 37.4. The van der Waals surface area contributed by atoms with Crippen molar-refractivity contribution in [2.75, 3.05) is 47.5 Å². The molecule has 0 aliphatic rings. The first-order valence-electron chi connectivity index (χ1n) is 31.7. The van der Waals surface area contributed by atoms with Crippen LogP contribution in [0.5, 0.6) is 0 Å². The highest BCUT2D eigenvalue weighted by molar-refractivity contribution is 5.71. The minimum Gasteiger partial charge on any atom is -0.477 e. The summed E-state index contributed by atoms with van der Waals surface area (Å²) in [6, 6.07) is 0. The van der Waals surface area contributed by atoms with Crippen molar-refractivity contribution < 1.29 is 42.9 Å². The second-order valence-electron chi connectivity index (χ2n) is 22.0. The molecule has 0 aromatic heterocycles. The van der Waals surface area contributed by atoms with Crippen LogP contribution < -0.4 is 0 Å². The van der Waals surface area contributed by atoms with Gasteiger partial charge in [0.1, 0.15) is 13.2 Å². The first-order valence-corrected chi connectivity index (χ1v) is 31.7. The molecule has 0 saturated heterocycles. The van der Waals surface area contributed by atoms with Crippen molar-refractivity contribution in [2.24, 2.45) is 0 Å². The van der Waals surface area contributed by atoms with Crippen LogP contribution in [0.3, 0.4) is 0 Å². The number of quaternary nitrogens is 1. The van der Waals surface area contributed by atoms with Crippen LogP contribution in [0.4, 0.5) is 0 Å². The van der Waals surface area contributed by atoms with Crippen molar-refractivity contribution in [3.8, 4) is 0 Å². The number of aliphatic carboxylic acids is 1. The summed E-state index contributed by atoms with van der Waals surface area (Å²) in [5.74, 6) is -2.03. The summed E-state index contributed by atoms with van der Waals surface area (Å²) in [7, 11) is 5.96. The number of esters is 2. The number of allylic oxidation sites excluding steroid dienone is 20. The number of ether oxygens (including phenoxy) is 4. The maximum Gasteiger partial charge on any atom is 0.361 e. The van der Waals surface area contributed by atoms with Gasteiger partial charge in [-0.25, -0.2) is 4.79 Å². The number of unbranched alkanes of at least 4 members (excludes halogenated alkanes) is 22. The fourth-order valence-electron chi connectivity index (χ4n) is 8.42. The molecule has 9 heteroatoms. The maximum absolute atomic E-state index is 12.9. The topological polar surface area (TPSA) is 108 Å². The summed E-state index contributed by atoms with van der Waals surface area (Å²) in [5.41, 5.74) is 0. The fourth-order valence-corrected chi connectivity index (χ4v) is 8.42. The van der Waals surface area contributed by atoms with Crippen LogP contribution in [-0.2, 0) is 33.3 Å². The summed E-state index contributed by atoms with van der Waals surface area (Å²) in [5, 5.41) is 9.71. The number of carboxylic acids is 1. The summed E-state index contributed by atoms with van der Waals surface area (Å²) in [6.45, 7) is 4.63. The van der Waals surface area contributed by atoms with Crippen molar-refractivity contribution in [1.29, 1.82) is 0 Å². The molecule has 0 aromatic carbocycles. The Bertz CT molecular complexity index is 1710. The van der Waals surface area contributed by atoms with Crippen molar-refractivity contribution >= 4 is 17.9 Å². The number of hydrogen-bond acceptors (Lipinski definition) is 7. The molecule has 0 radical (unpaired) electrons. The Hall–Kier alpha value is -4.31. The first-order chi connectivity index (χ1) is 38.6. The van der Waals surface area contributed by atoms with E-state index in [1.165, 1.54) is 96.3 Å². The molecular weight excluding hydrogens is 983 g/mol. The van der Waals surface area contributed by atoms with Crippen LogP contribution >= 0.6 is 0 Å². The van der Waals surface area contributed by atoms with Gasteiger partial charge < -0.3 is 28.5 Å². The van der Waals surface area contributed by atoms with E-state index in [1.54, 1.807) is 0 Å². The zero-order valence-electron chi connectivity index (χ0n) is 51.2. The van der Waals surface area contributed by atoms with Gasteiger partial charge in [-0.1, -0.05) is 251 Å². The number of carboxylic acid groups (broad SMARTS) is 1. The number of carbonyl (C=O) groups excluding carboxylic acids is 2. The SMILES string of the molecule is CC/C=C\C/C=C\C/C=C\C/C=C\C/C=C\C/C=C\C/C=C\CCCCCCCCCCCCCCCCCCCC(=O)OC(COC(=O)CCCCCCC/C=C\C/C=C\C/C=C\CC)COC(OCC[N+](C)(C)C)C(=O)O. The van der Waals surface area contributed by atoms with Gasteiger partial charge in [0.2, 0.25) is 0 Å². The minimum absolute atomic E-state index is 0.181. The highest BCUT2D eigenvalue weighted by atomic mass is 16.7. The lowest BCUT2D eigenvalue weighted by Gasteiger charge is -2.25. The summed E-state index contributed by atoms with van der Waals surface area (Å²) in [6.07, 6.45) is 81.6. The van der Waals surface area contributed by atoms with E-state index < -0.39 is 24.3 Å². The third-order valence-electron chi connectivity index (χ3n) is 13.2. The number of carbonyl (C=O) groups is 3. The number of hydrogen-bond donors (Lipinski definition) is 1. The molecule has 0 fully saturated rings. The Morgan fingerprint density at radius 1 is 0.380 bits per heavy atom. The Morgan fingerprint density at radius 2 is 0.684 bits per heavy atom. The third kappa shape index (κ3) is 61.2. The minimum atomic E-state index is -1.52. The Labute approximate surface area is 485 Å². The van der Waals surface area contributed by atoms with E-state index in [1.807, 2.05) is 21.1 Å². The van der Waals surface area contributed by atoms with Gasteiger partial charge in [-0.3, -0.25) is 9.59 Å². The molecule has 79 heavy (non-hydrogen) atoms. The van der Waals surface area contributed by atoms with E-state index in [4.69, 9.17) is 18.9 Å². The van der Waals surface area contributed by atoms with Crippen LogP contribution in [0.2, 0.25) is 0 Å². The Balaban J connectivity index is 4.07. The predicted octanol–water partition coefficient (Wildman–Crippen LogP) is 19.2. The first kappa shape index (κ1) is 74.7. The molecule has 0 spiro atoms. The lowest BCUT2D eigenvalue weighted by Crippen LogP contribution is -2.40. The van der Waals surface area contributed by atoms with Crippen molar-refractivity contribution in [3.63, 3.8) is 0 Å². The van der Waals surface area contributed by atoms with E-state index in [-0.39, 0.29) is 38.6 Å². The molecule has 0 aliphatic carbocycles. The molecular formula is C70H118NO8+. The van der Waals surface area contributed by atoms with Gasteiger partial charge in [-0.05, 0) is 103 Å². The highest BCUT2D eigenvalue weighted by Gasteiger charge is 2.25. The van der Waals surface area contributed by atoms with Crippen molar-refractivity contribution in [1.82, 2.24) is 0 Å². The standard InChI is InChI=1S/C70H117NO8/c1-6-8-10-12-14-16-18-20-22-23-24-25-26-27-28-29-30-31-32-33-34-35-36-37-38-39-40-41-42-43-44-45-47-49-51-53-55-57-59-61-68(73)79-66(65-78-70(69(74)75)76-63-62-71(3,4)5)64-77-67(72)60-58-56-54-52-50-48-46-21-19-17-15-13-11-9-7-2/h8-11,14-17,20-22,24-25,27-28,30-31,33-34,46,66,70H,6-7,12-13,18-19,23,26,29,32,35-45,47-65H2,1-5H3/p+1/b10-8-,11-9-,16-14-,17-15-,22-20-,25-24-,28-27-,31-30-,34-33-,46-21-. The lowest BCUT2D eigenvalue weighted by molar-refractivity contribution is -0.870.